The lowest BCUT2D eigenvalue weighted by atomic mass is 10.2. The van der Waals surface area contributed by atoms with Crippen molar-refractivity contribution in [3.8, 4) is 0 Å². The number of para-hydroxylation sites is 3. The summed E-state index contributed by atoms with van der Waals surface area (Å²) in [5, 5.41) is 3.23. The highest BCUT2D eigenvalue weighted by Crippen LogP contribution is 2.44. The normalized spacial score (nSPS) is 15.7. The number of hydrogen-bond acceptors (Lipinski definition) is 3. The Kier molecular flexibility index (Phi) is 4.54. The quantitative estimate of drug-likeness (QED) is 0.828. The van der Waals surface area contributed by atoms with Crippen molar-refractivity contribution in [2.24, 2.45) is 0 Å². The summed E-state index contributed by atoms with van der Waals surface area (Å²) in [6, 6.07) is 16.7. The van der Waals surface area contributed by atoms with Gasteiger partial charge in [0, 0.05) is 6.54 Å². The first-order valence-electron chi connectivity index (χ1n) is 7.84. The smallest absolute Gasteiger partial charge is 0.317 e. The first-order chi connectivity index (χ1) is 11.2. The van der Waals surface area contributed by atoms with Gasteiger partial charge in [0.05, 0.1) is 17.1 Å². The Morgan fingerprint density at radius 2 is 1.61 bits per heavy atom. The molecule has 0 amide bonds. The van der Waals surface area contributed by atoms with E-state index in [-0.39, 0.29) is 0 Å². The minimum atomic E-state index is -3.59. The van der Waals surface area contributed by atoms with Gasteiger partial charge in [-0.2, -0.15) is 8.42 Å². The van der Waals surface area contributed by atoms with Gasteiger partial charge in [-0.05, 0) is 43.8 Å². The van der Waals surface area contributed by atoms with Gasteiger partial charge in [-0.1, -0.05) is 37.3 Å². The molecule has 0 atom stereocenters. The van der Waals surface area contributed by atoms with E-state index in [4.69, 9.17) is 0 Å². The van der Waals surface area contributed by atoms with E-state index in [9.17, 15) is 8.42 Å². The van der Waals surface area contributed by atoms with Crippen LogP contribution in [-0.4, -0.2) is 28.1 Å². The Bertz CT molecular complexity index is 762. The largest absolute Gasteiger partial charge is 0.330 e. The van der Waals surface area contributed by atoms with Gasteiger partial charge in [-0.25, -0.2) is 4.31 Å². The van der Waals surface area contributed by atoms with Gasteiger partial charge in [-0.3, -0.25) is 4.31 Å². The predicted molar refractivity (Wildman–Crippen MR) is 94.4 cm³/mol. The number of benzene rings is 2. The Morgan fingerprint density at radius 3 is 2.30 bits per heavy atom. The molecule has 0 aliphatic carbocycles. The average molecular weight is 331 g/mol. The summed E-state index contributed by atoms with van der Waals surface area (Å²) in [6.07, 6.45) is 0.768. The van der Waals surface area contributed by atoms with Crippen molar-refractivity contribution in [2.45, 2.75) is 13.3 Å². The van der Waals surface area contributed by atoms with Gasteiger partial charge in [0.15, 0.2) is 0 Å². The number of hydrogen-bond donors (Lipinski definition) is 1. The third-order valence-corrected chi connectivity index (χ3v) is 5.64. The minimum Gasteiger partial charge on any atom is -0.317 e. The van der Waals surface area contributed by atoms with Crippen LogP contribution in [0.1, 0.15) is 13.3 Å². The molecule has 3 rings (SSSR count). The number of fused-ring (bicyclic) bond motifs is 1. The van der Waals surface area contributed by atoms with Crippen molar-refractivity contribution in [3.63, 3.8) is 0 Å². The zero-order valence-electron chi connectivity index (χ0n) is 13.1. The Morgan fingerprint density at radius 1 is 0.957 bits per heavy atom. The summed E-state index contributed by atoms with van der Waals surface area (Å²) in [4.78, 5) is 0. The number of anilines is 3. The highest BCUT2D eigenvalue weighted by molar-refractivity contribution is 7.95. The molecule has 122 valence electrons. The van der Waals surface area contributed by atoms with E-state index in [1.807, 2.05) is 61.5 Å². The fourth-order valence-electron chi connectivity index (χ4n) is 2.79. The van der Waals surface area contributed by atoms with Crippen LogP contribution in [-0.2, 0) is 10.2 Å². The fourth-order valence-corrected chi connectivity index (χ4v) is 4.54. The molecule has 0 saturated heterocycles. The molecule has 1 aliphatic heterocycles. The maximum atomic E-state index is 13.0. The molecule has 1 heterocycles. The SMILES string of the molecule is CCNCCCN1c2ccccc2N(c2ccccc2)S1(=O)=O. The summed E-state index contributed by atoms with van der Waals surface area (Å²) < 4.78 is 29.0. The second-order valence-corrected chi connectivity index (χ2v) is 7.08. The maximum Gasteiger partial charge on any atom is 0.330 e. The third kappa shape index (κ3) is 2.92. The van der Waals surface area contributed by atoms with Crippen molar-refractivity contribution < 1.29 is 8.42 Å². The number of nitrogens with zero attached hydrogens (tertiary/aromatic N) is 2. The zero-order chi connectivity index (χ0) is 16.3. The Labute approximate surface area is 137 Å². The second kappa shape index (κ2) is 6.60. The molecule has 0 fully saturated rings. The molecule has 0 spiro atoms. The Hall–Kier alpha value is -2.05. The topological polar surface area (TPSA) is 52.6 Å². The van der Waals surface area contributed by atoms with Gasteiger partial charge < -0.3 is 5.32 Å². The first kappa shape index (κ1) is 15.8. The lowest BCUT2D eigenvalue weighted by Gasteiger charge is -2.21. The molecule has 23 heavy (non-hydrogen) atoms. The lowest BCUT2D eigenvalue weighted by Crippen LogP contribution is -2.36. The standard InChI is InChI=1S/C17H21N3O2S/c1-2-18-13-8-14-19-16-11-6-7-12-17(16)20(23(19,21)22)15-9-4-3-5-10-15/h3-7,9-12,18H,2,8,13-14H2,1H3. The van der Waals surface area contributed by atoms with Gasteiger partial charge in [0.2, 0.25) is 0 Å². The molecule has 0 aromatic heterocycles. The summed E-state index contributed by atoms with van der Waals surface area (Å²) >= 11 is 0. The highest BCUT2D eigenvalue weighted by atomic mass is 32.2. The van der Waals surface area contributed by atoms with Crippen molar-refractivity contribution in [3.05, 3.63) is 54.6 Å². The van der Waals surface area contributed by atoms with E-state index in [0.717, 1.165) is 25.2 Å². The molecule has 0 bridgehead atoms. The van der Waals surface area contributed by atoms with Crippen LogP contribution < -0.4 is 13.9 Å². The second-order valence-electron chi connectivity index (χ2n) is 5.38. The van der Waals surface area contributed by atoms with E-state index in [2.05, 4.69) is 5.32 Å². The monoisotopic (exact) mass is 331 g/mol. The fraction of sp³-hybridized carbons (Fsp3) is 0.294. The molecule has 1 aliphatic rings. The predicted octanol–water partition coefficient (Wildman–Crippen LogP) is 2.89. The van der Waals surface area contributed by atoms with Gasteiger partial charge >= 0.3 is 10.2 Å². The van der Waals surface area contributed by atoms with Crippen LogP contribution >= 0.6 is 0 Å². The average Bonchev–Trinajstić information content (AvgIpc) is 2.79. The molecule has 0 unspecified atom stereocenters. The van der Waals surface area contributed by atoms with Gasteiger partial charge in [0.1, 0.15) is 0 Å². The highest BCUT2D eigenvalue weighted by Gasteiger charge is 2.40. The van der Waals surface area contributed by atoms with Crippen LogP contribution in [0.25, 0.3) is 0 Å². The van der Waals surface area contributed by atoms with Crippen LogP contribution in [0.2, 0.25) is 0 Å². The number of nitrogens with one attached hydrogen (secondary N) is 1. The lowest BCUT2D eigenvalue weighted by molar-refractivity contribution is 0.590. The summed E-state index contributed by atoms with van der Waals surface area (Å²) in [5.41, 5.74) is 2.11. The van der Waals surface area contributed by atoms with Crippen molar-refractivity contribution >= 4 is 27.3 Å². The molecule has 2 aromatic carbocycles. The third-order valence-electron chi connectivity index (χ3n) is 3.83. The van der Waals surface area contributed by atoms with Gasteiger partial charge in [0.25, 0.3) is 0 Å². The molecule has 0 radical (unpaired) electrons. The van der Waals surface area contributed by atoms with Crippen LogP contribution in [0.15, 0.2) is 54.6 Å². The van der Waals surface area contributed by atoms with Crippen LogP contribution in [0, 0.1) is 0 Å². The van der Waals surface area contributed by atoms with E-state index in [0.29, 0.717) is 17.9 Å². The van der Waals surface area contributed by atoms with E-state index in [1.54, 1.807) is 0 Å². The zero-order valence-corrected chi connectivity index (χ0v) is 14.0. The van der Waals surface area contributed by atoms with Crippen molar-refractivity contribution in [1.82, 2.24) is 5.32 Å². The molecular formula is C17H21N3O2S. The summed E-state index contributed by atoms with van der Waals surface area (Å²) in [7, 11) is -3.59. The van der Waals surface area contributed by atoms with Gasteiger partial charge in [-0.15, -0.1) is 0 Å². The number of rotatable bonds is 6. The minimum absolute atomic E-state index is 0.468. The van der Waals surface area contributed by atoms with E-state index < -0.39 is 10.2 Å². The molecular weight excluding hydrogens is 310 g/mol. The first-order valence-corrected chi connectivity index (χ1v) is 9.23. The van der Waals surface area contributed by atoms with Crippen LogP contribution in [0.3, 0.4) is 0 Å². The van der Waals surface area contributed by atoms with Crippen LogP contribution in [0.5, 0.6) is 0 Å². The van der Waals surface area contributed by atoms with Crippen LogP contribution in [0.4, 0.5) is 17.1 Å². The molecule has 6 heteroatoms. The molecule has 1 N–H and O–H groups in total. The van der Waals surface area contributed by atoms with E-state index >= 15 is 0 Å². The van der Waals surface area contributed by atoms with E-state index in [1.165, 1.54) is 8.61 Å². The summed E-state index contributed by atoms with van der Waals surface area (Å²) in [6.45, 7) is 4.20. The van der Waals surface area contributed by atoms with Crippen molar-refractivity contribution in [2.75, 3.05) is 28.2 Å². The molecule has 5 nitrogen and oxygen atoms in total. The Balaban J connectivity index is 1.97. The molecule has 0 saturated carbocycles. The maximum absolute atomic E-state index is 13.0. The van der Waals surface area contributed by atoms with Crippen molar-refractivity contribution in [1.29, 1.82) is 0 Å². The molecule has 2 aromatic rings. The summed E-state index contributed by atoms with van der Waals surface area (Å²) in [5.74, 6) is 0.